The lowest BCUT2D eigenvalue weighted by Gasteiger charge is -2.24. The van der Waals surface area contributed by atoms with E-state index >= 15 is 0 Å². The average molecular weight is 349 g/mol. The molecule has 2 N–H and O–H groups in total. The Kier molecular flexibility index (Phi) is 3.96. The van der Waals surface area contributed by atoms with Gasteiger partial charge in [-0.15, -0.1) is 0 Å². The summed E-state index contributed by atoms with van der Waals surface area (Å²) in [5.41, 5.74) is 4.63. The summed E-state index contributed by atoms with van der Waals surface area (Å²) in [6.07, 6.45) is 9.75. The minimum Gasteiger partial charge on any atom is -0.312 e. The van der Waals surface area contributed by atoms with Crippen molar-refractivity contribution in [2.75, 3.05) is 6.54 Å². The summed E-state index contributed by atoms with van der Waals surface area (Å²) in [7, 11) is 0. The highest BCUT2D eigenvalue weighted by Crippen LogP contribution is 2.52. The Hall–Kier alpha value is -1.94. The number of rotatable bonds is 3. The molecule has 0 amide bonds. The van der Waals surface area contributed by atoms with Crippen LogP contribution in [0.4, 0.5) is 0 Å². The van der Waals surface area contributed by atoms with E-state index in [2.05, 4.69) is 34.6 Å². The van der Waals surface area contributed by atoms with E-state index in [0.717, 1.165) is 42.9 Å². The molecule has 0 saturated heterocycles. The van der Waals surface area contributed by atoms with Crippen LogP contribution in [0.3, 0.4) is 0 Å². The van der Waals surface area contributed by atoms with Crippen LogP contribution in [0.2, 0.25) is 0 Å². The third kappa shape index (κ3) is 2.71. The van der Waals surface area contributed by atoms with Gasteiger partial charge in [-0.25, -0.2) is 4.98 Å². The molecule has 3 aliphatic rings. The number of hydrogen-bond donors (Lipinski definition) is 2. The zero-order valence-electron chi connectivity index (χ0n) is 15.3. The van der Waals surface area contributed by atoms with Crippen LogP contribution in [-0.4, -0.2) is 16.5 Å². The average Bonchev–Trinajstić information content (AvgIpc) is 3.51. The lowest BCUT2D eigenvalue weighted by Crippen LogP contribution is -2.33. The molecule has 1 aromatic carbocycles. The van der Waals surface area contributed by atoms with Gasteiger partial charge >= 0.3 is 0 Å². The summed E-state index contributed by atoms with van der Waals surface area (Å²) in [5, 5.41) is 3.27. The predicted molar refractivity (Wildman–Crippen MR) is 103 cm³/mol. The Balaban J connectivity index is 1.52. The van der Waals surface area contributed by atoms with Gasteiger partial charge in [-0.1, -0.05) is 43.5 Å². The second kappa shape index (κ2) is 6.34. The molecular formula is C22H27N3O. The second-order valence-corrected chi connectivity index (χ2v) is 8.31. The number of H-pyrrole nitrogens is 1. The van der Waals surface area contributed by atoms with E-state index in [9.17, 15) is 4.79 Å². The first kappa shape index (κ1) is 16.2. The predicted octanol–water partition coefficient (Wildman–Crippen LogP) is 3.54. The van der Waals surface area contributed by atoms with Gasteiger partial charge in [0.15, 0.2) is 0 Å². The van der Waals surface area contributed by atoms with E-state index < -0.39 is 0 Å². The van der Waals surface area contributed by atoms with Crippen molar-refractivity contribution in [1.29, 1.82) is 0 Å². The Bertz CT molecular complexity index is 875. The van der Waals surface area contributed by atoms with Crippen molar-refractivity contribution in [2.45, 2.75) is 69.2 Å². The number of aromatic amines is 1. The molecule has 1 aliphatic heterocycles. The number of nitrogens with one attached hydrogen (secondary N) is 2. The number of hydrogen-bond acceptors (Lipinski definition) is 3. The van der Waals surface area contributed by atoms with Gasteiger partial charge in [0.05, 0.1) is 16.7 Å². The van der Waals surface area contributed by atoms with E-state index in [1.807, 2.05) is 0 Å². The Morgan fingerprint density at radius 3 is 2.77 bits per heavy atom. The highest BCUT2D eigenvalue weighted by molar-refractivity contribution is 5.42. The number of aromatic nitrogens is 2. The highest BCUT2D eigenvalue weighted by atomic mass is 16.1. The van der Waals surface area contributed by atoms with Crippen LogP contribution < -0.4 is 10.9 Å². The lowest BCUT2D eigenvalue weighted by molar-refractivity contribution is 0.443. The largest absolute Gasteiger partial charge is 0.312 e. The number of fused-ring (bicyclic) bond motifs is 1. The molecule has 2 aliphatic carbocycles. The summed E-state index contributed by atoms with van der Waals surface area (Å²) in [5.74, 6) is 1.60. The standard InChI is InChI=1S/C22H27N3O/c26-20-18-14-23-12-9-19(18)24-21(25-20)22(10-11-22)17-8-4-7-16(13-17)15-5-2-1-3-6-15/h4,7-8,13,15,23H,1-3,5-6,9-12,14H2,(H,24,25,26). The lowest BCUT2D eigenvalue weighted by atomic mass is 9.82. The van der Waals surface area contributed by atoms with E-state index in [1.165, 1.54) is 43.2 Å². The molecule has 1 aromatic heterocycles. The van der Waals surface area contributed by atoms with Crippen LogP contribution in [0.1, 0.15) is 79.1 Å². The Morgan fingerprint density at radius 1 is 1.12 bits per heavy atom. The molecule has 4 nitrogen and oxygen atoms in total. The monoisotopic (exact) mass is 349 g/mol. The maximum atomic E-state index is 12.6. The quantitative estimate of drug-likeness (QED) is 0.891. The van der Waals surface area contributed by atoms with Gasteiger partial charge < -0.3 is 10.3 Å². The summed E-state index contributed by atoms with van der Waals surface area (Å²) >= 11 is 0. The number of nitrogens with zero attached hydrogens (tertiary/aromatic N) is 1. The van der Waals surface area contributed by atoms with Gasteiger partial charge in [0, 0.05) is 19.5 Å². The van der Waals surface area contributed by atoms with Crippen molar-refractivity contribution in [3.63, 3.8) is 0 Å². The van der Waals surface area contributed by atoms with Gasteiger partial charge in [-0.3, -0.25) is 4.79 Å². The molecule has 0 radical (unpaired) electrons. The van der Waals surface area contributed by atoms with E-state index in [0.29, 0.717) is 12.5 Å². The van der Waals surface area contributed by atoms with Crippen molar-refractivity contribution < 1.29 is 0 Å². The Labute approximate surface area is 154 Å². The fraction of sp³-hybridized carbons (Fsp3) is 0.545. The van der Waals surface area contributed by atoms with E-state index in [-0.39, 0.29) is 11.0 Å². The molecule has 136 valence electrons. The molecule has 26 heavy (non-hydrogen) atoms. The second-order valence-electron chi connectivity index (χ2n) is 8.31. The summed E-state index contributed by atoms with van der Waals surface area (Å²) in [4.78, 5) is 20.6. The smallest absolute Gasteiger partial charge is 0.255 e. The zero-order chi connectivity index (χ0) is 17.6. The zero-order valence-corrected chi connectivity index (χ0v) is 15.3. The highest BCUT2D eigenvalue weighted by Gasteiger charge is 2.48. The molecule has 2 fully saturated rings. The molecule has 2 saturated carbocycles. The Morgan fingerprint density at radius 2 is 1.96 bits per heavy atom. The van der Waals surface area contributed by atoms with Crippen LogP contribution in [-0.2, 0) is 18.4 Å². The fourth-order valence-corrected chi connectivity index (χ4v) is 4.89. The van der Waals surface area contributed by atoms with Crippen molar-refractivity contribution in [2.24, 2.45) is 0 Å². The molecule has 2 heterocycles. The molecule has 0 spiro atoms. The van der Waals surface area contributed by atoms with Crippen LogP contribution in [0.25, 0.3) is 0 Å². The van der Waals surface area contributed by atoms with Crippen molar-refractivity contribution in [1.82, 2.24) is 15.3 Å². The van der Waals surface area contributed by atoms with E-state index in [1.54, 1.807) is 0 Å². The number of benzene rings is 1. The molecule has 5 rings (SSSR count). The third-order valence-electron chi connectivity index (χ3n) is 6.66. The maximum Gasteiger partial charge on any atom is 0.255 e. The van der Waals surface area contributed by atoms with E-state index in [4.69, 9.17) is 4.98 Å². The first-order valence-electron chi connectivity index (χ1n) is 10.2. The van der Waals surface area contributed by atoms with Gasteiger partial charge in [0.1, 0.15) is 5.82 Å². The van der Waals surface area contributed by atoms with Gasteiger partial charge in [0.25, 0.3) is 5.56 Å². The normalized spacial score (nSPS) is 22.0. The third-order valence-corrected chi connectivity index (χ3v) is 6.66. The molecule has 2 aromatic rings. The van der Waals surface area contributed by atoms with Crippen LogP contribution in [0.5, 0.6) is 0 Å². The van der Waals surface area contributed by atoms with Gasteiger partial charge in [-0.2, -0.15) is 0 Å². The molecule has 0 bridgehead atoms. The minimum atomic E-state index is -0.0657. The SMILES string of the molecule is O=c1[nH]c(C2(c3cccc(C4CCCCC4)c3)CC2)nc2c1CNCC2. The van der Waals surface area contributed by atoms with Gasteiger partial charge in [-0.05, 0) is 42.7 Å². The summed E-state index contributed by atoms with van der Waals surface area (Å²) < 4.78 is 0. The minimum absolute atomic E-state index is 0.0481. The van der Waals surface area contributed by atoms with Crippen molar-refractivity contribution >= 4 is 0 Å². The van der Waals surface area contributed by atoms with Gasteiger partial charge in [0.2, 0.25) is 0 Å². The first-order valence-corrected chi connectivity index (χ1v) is 10.2. The molecular weight excluding hydrogens is 322 g/mol. The van der Waals surface area contributed by atoms with Crippen molar-refractivity contribution in [3.05, 3.63) is 62.8 Å². The van der Waals surface area contributed by atoms with Crippen LogP contribution in [0.15, 0.2) is 29.1 Å². The maximum absolute atomic E-state index is 12.6. The first-order chi connectivity index (χ1) is 12.8. The fourth-order valence-electron chi connectivity index (χ4n) is 4.89. The molecule has 0 unspecified atom stereocenters. The summed E-state index contributed by atoms with van der Waals surface area (Å²) in [6.45, 7) is 1.55. The van der Waals surface area contributed by atoms with Crippen molar-refractivity contribution in [3.8, 4) is 0 Å². The van der Waals surface area contributed by atoms with Crippen LogP contribution in [0, 0.1) is 0 Å². The molecule has 0 atom stereocenters. The topological polar surface area (TPSA) is 57.8 Å². The molecule has 4 heteroatoms. The van der Waals surface area contributed by atoms with Crippen LogP contribution >= 0.6 is 0 Å². The summed E-state index contributed by atoms with van der Waals surface area (Å²) in [6, 6.07) is 9.15.